The van der Waals surface area contributed by atoms with E-state index in [0.29, 0.717) is 11.4 Å². The molecule has 0 unspecified atom stereocenters. The van der Waals surface area contributed by atoms with Gasteiger partial charge in [0.05, 0.1) is 7.11 Å². The first-order valence-electron chi connectivity index (χ1n) is 4.57. The number of rotatable bonds is 3. The molecule has 1 aliphatic heterocycles. The molecule has 0 saturated carbocycles. The standard InChI is InChI=1S/C10H12N2O2/c1-14-8-3-2-4-12-9(8)10(13)7-5-11-6-7/h2-4,7,11H,5-6H2,1H3. The minimum absolute atomic E-state index is 0.0683. The topological polar surface area (TPSA) is 51.2 Å². The Morgan fingerprint density at radius 2 is 2.43 bits per heavy atom. The number of nitrogens with one attached hydrogen (secondary N) is 1. The Hall–Kier alpha value is -1.42. The van der Waals surface area contributed by atoms with Crippen LogP contribution < -0.4 is 10.1 Å². The predicted molar refractivity (Wildman–Crippen MR) is 51.5 cm³/mol. The molecule has 1 saturated heterocycles. The van der Waals surface area contributed by atoms with Crippen LogP contribution in [0.5, 0.6) is 5.75 Å². The monoisotopic (exact) mass is 192 g/mol. The summed E-state index contributed by atoms with van der Waals surface area (Å²) < 4.78 is 5.08. The maximum absolute atomic E-state index is 11.8. The van der Waals surface area contributed by atoms with Crippen LogP contribution >= 0.6 is 0 Å². The van der Waals surface area contributed by atoms with Crippen LogP contribution in [0.3, 0.4) is 0 Å². The van der Waals surface area contributed by atoms with Gasteiger partial charge in [0, 0.05) is 25.2 Å². The van der Waals surface area contributed by atoms with Gasteiger partial charge in [0.1, 0.15) is 11.4 Å². The van der Waals surface area contributed by atoms with E-state index in [4.69, 9.17) is 4.74 Å². The van der Waals surface area contributed by atoms with Crippen LogP contribution in [0.2, 0.25) is 0 Å². The van der Waals surface area contributed by atoms with Gasteiger partial charge in [-0.3, -0.25) is 4.79 Å². The predicted octanol–water partition coefficient (Wildman–Crippen LogP) is 0.492. The molecule has 1 aliphatic rings. The minimum atomic E-state index is 0.0683. The number of methoxy groups -OCH3 is 1. The molecule has 0 radical (unpaired) electrons. The zero-order valence-corrected chi connectivity index (χ0v) is 7.99. The fourth-order valence-corrected chi connectivity index (χ4v) is 1.41. The molecule has 1 aromatic rings. The maximum Gasteiger partial charge on any atom is 0.190 e. The van der Waals surface area contributed by atoms with E-state index < -0.39 is 0 Å². The molecular weight excluding hydrogens is 180 g/mol. The third kappa shape index (κ3) is 1.48. The molecule has 14 heavy (non-hydrogen) atoms. The van der Waals surface area contributed by atoms with E-state index in [0.717, 1.165) is 13.1 Å². The molecule has 4 heteroatoms. The van der Waals surface area contributed by atoms with Crippen LogP contribution in [0.15, 0.2) is 18.3 Å². The lowest BCUT2D eigenvalue weighted by molar-refractivity contribution is 0.0869. The third-order valence-electron chi connectivity index (χ3n) is 2.38. The molecule has 0 spiro atoms. The van der Waals surface area contributed by atoms with Crippen molar-refractivity contribution in [1.82, 2.24) is 10.3 Å². The lowest BCUT2D eigenvalue weighted by Gasteiger charge is -2.25. The average molecular weight is 192 g/mol. The van der Waals surface area contributed by atoms with Crippen molar-refractivity contribution < 1.29 is 9.53 Å². The Morgan fingerprint density at radius 3 is 3.00 bits per heavy atom. The van der Waals surface area contributed by atoms with Gasteiger partial charge in [0.25, 0.3) is 0 Å². The zero-order chi connectivity index (χ0) is 9.97. The Labute approximate surface area is 82.3 Å². The maximum atomic E-state index is 11.8. The van der Waals surface area contributed by atoms with E-state index in [1.807, 2.05) is 0 Å². The highest BCUT2D eigenvalue weighted by Crippen LogP contribution is 2.20. The highest BCUT2D eigenvalue weighted by molar-refractivity contribution is 5.99. The Morgan fingerprint density at radius 1 is 1.64 bits per heavy atom. The largest absolute Gasteiger partial charge is 0.494 e. The molecule has 4 nitrogen and oxygen atoms in total. The summed E-state index contributed by atoms with van der Waals surface area (Å²) in [4.78, 5) is 15.9. The summed E-state index contributed by atoms with van der Waals surface area (Å²) in [5, 5.41) is 3.06. The molecule has 1 N–H and O–H groups in total. The highest BCUT2D eigenvalue weighted by Gasteiger charge is 2.28. The van der Waals surface area contributed by atoms with Crippen LogP contribution in [0.25, 0.3) is 0 Å². The second kappa shape index (κ2) is 3.75. The number of pyridine rings is 1. The second-order valence-corrected chi connectivity index (χ2v) is 3.27. The first-order chi connectivity index (χ1) is 6.83. The second-order valence-electron chi connectivity index (χ2n) is 3.27. The van der Waals surface area contributed by atoms with Crippen molar-refractivity contribution >= 4 is 5.78 Å². The summed E-state index contributed by atoms with van der Waals surface area (Å²) >= 11 is 0. The van der Waals surface area contributed by atoms with Gasteiger partial charge in [-0.25, -0.2) is 4.98 Å². The van der Waals surface area contributed by atoms with E-state index >= 15 is 0 Å². The fourth-order valence-electron chi connectivity index (χ4n) is 1.41. The fraction of sp³-hybridized carbons (Fsp3) is 0.400. The van der Waals surface area contributed by atoms with Gasteiger partial charge in [0.2, 0.25) is 0 Å². The Bertz CT molecular complexity index is 348. The van der Waals surface area contributed by atoms with E-state index in [-0.39, 0.29) is 11.7 Å². The van der Waals surface area contributed by atoms with Crippen LogP contribution in [0, 0.1) is 5.92 Å². The lowest BCUT2D eigenvalue weighted by atomic mass is 9.95. The molecule has 0 atom stereocenters. The zero-order valence-electron chi connectivity index (χ0n) is 7.99. The summed E-state index contributed by atoms with van der Waals surface area (Å²) in [6, 6.07) is 3.51. The summed E-state index contributed by atoms with van der Waals surface area (Å²) in [5.74, 6) is 0.699. The number of carbonyl (C=O) groups is 1. The normalized spacial score (nSPS) is 16.1. The Balaban J connectivity index is 2.25. The van der Waals surface area contributed by atoms with Crippen molar-refractivity contribution in [3.8, 4) is 5.75 Å². The first kappa shape index (κ1) is 9.15. The summed E-state index contributed by atoms with van der Waals surface area (Å²) in [7, 11) is 1.55. The van der Waals surface area contributed by atoms with Gasteiger partial charge in [0.15, 0.2) is 5.78 Å². The van der Waals surface area contributed by atoms with Gasteiger partial charge in [-0.15, -0.1) is 0 Å². The number of Topliss-reactive ketones (excluding diaryl/α,β-unsaturated/α-hetero) is 1. The van der Waals surface area contributed by atoms with Crippen molar-refractivity contribution in [1.29, 1.82) is 0 Å². The molecule has 0 aliphatic carbocycles. The van der Waals surface area contributed by atoms with E-state index in [9.17, 15) is 4.79 Å². The number of aromatic nitrogens is 1. The molecule has 1 aromatic heterocycles. The van der Waals surface area contributed by atoms with E-state index in [2.05, 4.69) is 10.3 Å². The van der Waals surface area contributed by atoms with E-state index in [1.165, 1.54) is 0 Å². The minimum Gasteiger partial charge on any atom is -0.494 e. The third-order valence-corrected chi connectivity index (χ3v) is 2.38. The van der Waals surface area contributed by atoms with Crippen molar-refractivity contribution in [2.75, 3.05) is 20.2 Å². The number of nitrogens with zero attached hydrogens (tertiary/aromatic N) is 1. The van der Waals surface area contributed by atoms with Crippen molar-refractivity contribution in [3.63, 3.8) is 0 Å². The van der Waals surface area contributed by atoms with Gasteiger partial charge < -0.3 is 10.1 Å². The van der Waals surface area contributed by atoms with Crippen molar-refractivity contribution in [2.24, 2.45) is 5.92 Å². The van der Waals surface area contributed by atoms with Gasteiger partial charge >= 0.3 is 0 Å². The molecule has 1 fully saturated rings. The molecule has 74 valence electrons. The van der Waals surface area contributed by atoms with Gasteiger partial charge in [-0.1, -0.05) is 0 Å². The molecule has 2 heterocycles. The van der Waals surface area contributed by atoms with Crippen LogP contribution in [0.4, 0.5) is 0 Å². The SMILES string of the molecule is COc1cccnc1C(=O)C1CNC1. The number of ketones is 1. The number of carbonyl (C=O) groups excluding carboxylic acids is 1. The quantitative estimate of drug-likeness (QED) is 0.708. The van der Waals surface area contributed by atoms with Gasteiger partial charge in [-0.05, 0) is 12.1 Å². The molecule has 0 bridgehead atoms. The molecule has 0 amide bonds. The van der Waals surface area contributed by atoms with Gasteiger partial charge in [-0.2, -0.15) is 0 Å². The summed E-state index contributed by atoms with van der Waals surface area (Å²) in [6.07, 6.45) is 1.61. The number of ether oxygens (including phenoxy) is 1. The molecule has 0 aromatic carbocycles. The smallest absolute Gasteiger partial charge is 0.190 e. The number of hydrogen-bond acceptors (Lipinski definition) is 4. The van der Waals surface area contributed by atoms with Crippen LogP contribution in [-0.4, -0.2) is 31.0 Å². The number of hydrogen-bond donors (Lipinski definition) is 1. The molecule has 2 rings (SSSR count). The average Bonchev–Trinajstić information content (AvgIpc) is 2.15. The van der Waals surface area contributed by atoms with Crippen molar-refractivity contribution in [3.05, 3.63) is 24.0 Å². The lowest BCUT2D eigenvalue weighted by Crippen LogP contribution is -2.46. The summed E-state index contributed by atoms with van der Waals surface area (Å²) in [5.41, 5.74) is 0.446. The van der Waals surface area contributed by atoms with Crippen LogP contribution in [-0.2, 0) is 0 Å². The molecular formula is C10H12N2O2. The van der Waals surface area contributed by atoms with Crippen LogP contribution in [0.1, 0.15) is 10.5 Å². The van der Waals surface area contributed by atoms with E-state index in [1.54, 1.807) is 25.4 Å². The van der Waals surface area contributed by atoms with Crippen molar-refractivity contribution in [2.45, 2.75) is 0 Å². The Kier molecular flexibility index (Phi) is 2.45. The first-order valence-corrected chi connectivity index (χ1v) is 4.57. The summed E-state index contributed by atoms with van der Waals surface area (Å²) in [6.45, 7) is 1.50. The highest BCUT2D eigenvalue weighted by atomic mass is 16.5.